The van der Waals surface area contributed by atoms with E-state index >= 15 is 0 Å². The fourth-order valence-corrected chi connectivity index (χ4v) is 2.16. The lowest BCUT2D eigenvalue weighted by molar-refractivity contribution is -0.385. The van der Waals surface area contributed by atoms with Crippen LogP contribution in [0.3, 0.4) is 0 Å². The second-order valence-electron chi connectivity index (χ2n) is 5.00. The van der Waals surface area contributed by atoms with Crippen LogP contribution >= 0.6 is 11.6 Å². The quantitative estimate of drug-likeness (QED) is 0.386. The number of aromatic hydroxyl groups is 1. The summed E-state index contributed by atoms with van der Waals surface area (Å²) in [4.78, 5) is 22.0. The maximum absolute atomic E-state index is 11.8. The van der Waals surface area contributed by atoms with E-state index in [1.807, 2.05) is 0 Å². The van der Waals surface area contributed by atoms with Crippen LogP contribution in [0.15, 0.2) is 41.5 Å². The largest absolute Gasteiger partial charge is 0.504 e. The van der Waals surface area contributed by atoms with E-state index in [-0.39, 0.29) is 29.3 Å². The van der Waals surface area contributed by atoms with E-state index in [9.17, 15) is 20.0 Å². The summed E-state index contributed by atoms with van der Waals surface area (Å²) in [5, 5.41) is 27.9. The van der Waals surface area contributed by atoms with E-state index in [1.165, 1.54) is 7.11 Å². The molecule has 0 atom stereocenters. The van der Waals surface area contributed by atoms with Gasteiger partial charge >= 0.3 is 0 Å². The average Bonchev–Trinajstić information content (AvgIpc) is 2.61. The van der Waals surface area contributed by atoms with Gasteiger partial charge in [-0.05, 0) is 18.2 Å². The molecule has 2 rings (SSSR count). The monoisotopic (exact) mass is 378 g/mol. The minimum Gasteiger partial charge on any atom is -0.504 e. The van der Waals surface area contributed by atoms with Gasteiger partial charge in [0.25, 0.3) is 11.6 Å². The zero-order chi connectivity index (χ0) is 19.1. The van der Waals surface area contributed by atoms with Crippen molar-refractivity contribution in [2.75, 3.05) is 19.0 Å². The number of halogens is 1. The Morgan fingerprint density at radius 1 is 1.42 bits per heavy atom. The number of hydrogen-bond acceptors (Lipinski definition) is 7. The minimum absolute atomic E-state index is 0.0270. The molecule has 0 saturated heterocycles. The Bertz CT molecular complexity index is 857. The highest BCUT2D eigenvalue weighted by molar-refractivity contribution is 6.30. The number of carbonyl (C=O) groups excluding carboxylic acids is 1. The molecule has 0 heterocycles. The first-order valence-electron chi connectivity index (χ1n) is 7.27. The number of amides is 1. The SMILES string of the molecule is COc1cc([N+](=O)[O-])cc(/C=N/NC(=O)CNc2cccc(Cl)c2)c1O. The number of non-ortho nitro benzene ring substituents is 1. The first kappa shape index (κ1) is 19.0. The molecule has 9 nitrogen and oxygen atoms in total. The molecule has 3 N–H and O–H groups in total. The van der Waals surface area contributed by atoms with Crippen LogP contribution in [0.5, 0.6) is 11.5 Å². The summed E-state index contributed by atoms with van der Waals surface area (Å²) in [6.45, 7) is -0.0675. The van der Waals surface area contributed by atoms with Gasteiger partial charge in [-0.2, -0.15) is 5.10 Å². The second-order valence-corrected chi connectivity index (χ2v) is 5.44. The molecule has 0 unspecified atom stereocenters. The van der Waals surface area contributed by atoms with Gasteiger partial charge in [0.15, 0.2) is 11.5 Å². The van der Waals surface area contributed by atoms with Crippen molar-refractivity contribution in [3.05, 3.63) is 57.1 Å². The number of nitrogens with zero attached hydrogens (tertiary/aromatic N) is 2. The number of methoxy groups -OCH3 is 1. The Kier molecular flexibility index (Phi) is 6.34. The fraction of sp³-hybridized carbons (Fsp3) is 0.125. The third-order valence-corrected chi connectivity index (χ3v) is 3.43. The molecule has 1 amide bonds. The molecule has 0 aromatic heterocycles. The molecule has 0 aliphatic carbocycles. The zero-order valence-corrected chi connectivity index (χ0v) is 14.4. The Morgan fingerprint density at radius 3 is 2.85 bits per heavy atom. The van der Waals surface area contributed by atoms with Crippen LogP contribution < -0.4 is 15.5 Å². The Morgan fingerprint density at radius 2 is 2.19 bits per heavy atom. The maximum Gasteiger partial charge on any atom is 0.274 e. The standard InChI is InChI=1S/C16H15ClN4O5/c1-26-14-7-13(21(24)25)5-10(16(14)23)8-19-20-15(22)9-18-12-4-2-3-11(17)6-12/h2-8,18,23H,9H2,1H3,(H,20,22)/b19-8+. The molecule has 136 valence electrons. The average molecular weight is 379 g/mol. The highest BCUT2D eigenvalue weighted by Crippen LogP contribution is 2.33. The van der Waals surface area contributed by atoms with Crippen LogP contribution in [0.4, 0.5) is 11.4 Å². The predicted molar refractivity (Wildman–Crippen MR) is 97.0 cm³/mol. The van der Waals surface area contributed by atoms with E-state index in [0.717, 1.165) is 18.3 Å². The minimum atomic E-state index is -0.632. The summed E-state index contributed by atoms with van der Waals surface area (Å²) in [5.74, 6) is -0.860. The molecule has 0 spiro atoms. The molecule has 0 aliphatic rings. The molecule has 2 aromatic carbocycles. The lowest BCUT2D eigenvalue weighted by Crippen LogP contribution is -2.25. The zero-order valence-electron chi connectivity index (χ0n) is 13.6. The second kappa shape index (κ2) is 8.67. The third-order valence-electron chi connectivity index (χ3n) is 3.19. The molecular formula is C16H15ClN4O5. The van der Waals surface area contributed by atoms with Gasteiger partial charge in [-0.25, -0.2) is 5.43 Å². The van der Waals surface area contributed by atoms with Crippen LogP contribution in [0.2, 0.25) is 5.02 Å². The number of phenolic OH excluding ortho intramolecular Hbond substituents is 1. The van der Waals surface area contributed by atoms with Crippen LogP contribution in [-0.4, -0.2) is 35.8 Å². The highest BCUT2D eigenvalue weighted by atomic mass is 35.5. The van der Waals surface area contributed by atoms with Crippen LogP contribution in [0, 0.1) is 10.1 Å². The Hall–Kier alpha value is -3.33. The van der Waals surface area contributed by atoms with E-state index in [1.54, 1.807) is 24.3 Å². The molecule has 0 fully saturated rings. The normalized spacial score (nSPS) is 10.5. The molecule has 26 heavy (non-hydrogen) atoms. The lowest BCUT2D eigenvalue weighted by atomic mass is 10.2. The van der Waals surface area contributed by atoms with Crippen molar-refractivity contribution < 1.29 is 19.6 Å². The van der Waals surface area contributed by atoms with Gasteiger partial charge < -0.3 is 15.2 Å². The summed E-state index contributed by atoms with van der Waals surface area (Å²) in [6, 6.07) is 9.04. The molecule has 0 aliphatic heterocycles. The first-order chi connectivity index (χ1) is 12.4. The van der Waals surface area contributed by atoms with Gasteiger partial charge in [-0.1, -0.05) is 17.7 Å². The van der Waals surface area contributed by atoms with Gasteiger partial charge in [0.05, 0.1) is 30.9 Å². The fourth-order valence-electron chi connectivity index (χ4n) is 1.97. The van der Waals surface area contributed by atoms with Gasteiger partial charge in [0, 0.05) is 22.3 Å². The van der Waals surface area contributed by atoms with Crippen molar-refractivity contribution in [3.63, 3.8) is 0 Å². The van der Waals surface area contributed by atoms with Crippen molar-refractivity contribution in [3.8, 4) is 11.5 Å². The van der Waals surface area contributed by atoms with Crippen molar-refractivity contribution in [1.29, 1.82) is 0 Å². The number of hydrazone groups is 1. The van der Waals surface area contributed by atoms with Crippen molar-refractivity contribution in [2.24, 2.45) is 5.10 Å². The summed E-state index contributed by atoms with van der Waals surface area (Å²) in [7, 11) is 1.27. The molecule has 2 aromatic rings. The predicted octanol–water partition coefficient (Wildman–Crippen LogP) is 2.52. The molecular weight excluding hydrogens is 364 g/mol. The number of phenols is 1. The maximum atomic E-state index is 11.8. The topological polar surface area (TPSA) is 126 Å². The number of nitro benzene ring substituents is 1. The van der Waals surface area contributed by atoms with Gasteiger partial charge in [-0.3, -0.25) is 14.9 Å². The number of anilines is 1. The van der Waals surface area contributed by atoms with Gasteiger partial charge in [0.1, 0.15) is 0 Å². The van der Waals surface area contributed by atoms with Gasteiger partial charge in [-0.15, -0.1) is 0 Å². The van der Waals surface area contributed by atoms with E-state index < -0.39 is 10.8 Å². The van der Waals surface area contributed by atoms with E-state index in [4.69, 9.17) is 16.3 Å². The summed E-state index contributed by atoms with van der Waals surface area (Å²) in [5.41, 5.74) is 2.65. The Labute approximate surface area is 153 Å². The van der Waals surface area contributed by atoms with E-state index in [2.05, 4.69) is 15.8 Å². The highest BCUT2D eigenvalue weighted by Gasteiger charge is 2.15. The van der Waals surface area contributed by atoms with Gasteiger partial charge in [0.2, 0.25) is 0 Å². The number of ether oxygens (including phenoxy) is 1. The Balaban J connectivity index is 2.00. The first-order valence-corrected chi connectivity index (χ1v) is 7.65. The number of nitro groups is 1. The van der Waals surface area contributed by atoms with Crippen LogP contribution in [-0.2, 0) is 4.79 Å². The number of carbonyl (C=O) groups is 1. The van der Waals surface area contributed by atoms with E-state index in [0.29, 0.717) is 10.7 Å². The lowest BCUT2D eigenvalue weighted by Gasteiger charge is -2.07. The molecule has 0 saturated carbocycles. The van der Waals surface area contributed by atoms with Crippen molar-refractivity contribution in [1.82, 2.24) is 5.43 Å². The van der Waals surface area contributed by atoms with Crippen LogP contribution in [0.1, 0.15) is 5.56 Å². The molecule has 0 bridgehead atoms. The molecule has 10 heteroatoms. The van der Waals surface area contributed by atoms with Crippen LogP contribution in [0.25, 0.3) is 0 Å². The third kappa shape index (κ3) is 5.08. The number of hydrogen-bond donors (Lipinski definition) is 3. The van der Waals surface area contributed by atoms with Crippen molar-refractivity contribution >= 4 is 35.1 Å². The summed E-state index contributed by atoms with van der Waals surface area (Å²) >= 11 is 5.84. The number of rotatable bonds is 7. The van der Waals surface area contributed by atoms with Crippen molar-refractivity contribution in [2.45, 2.75) is 0 Å². The number of benzene rings is 2. The number of nitrogens with one attached hydrogen (secondary N) is 2. The summed E-state index contributed by atoms with van der Waals surface area (Å²) in [6.07, 6.45) is 1.09. The molecule has 0 radical (unpaired) electrons. The summed E-state index contributed by atoms with van der Waals surface area (Å²) < 4.78 is 4.88. The smallest absolute Gasteiger partial charge is 0.274 e.